The van der Waals surface area contributed by atoms with E-state index in [1.165, 1.54) is 15.9 Å². The number of carbonyl (C=O) groups excluding carboxylic acids is 6. The summed E-state index contributed by atoms with van der Waals surface area (Å²) in [6.45, 7) is 2.84. The van der Waals surface area contributed by atoms with Crippen LogP contribution in [0.15, 0.2) is 155 Å². The molecule has 2 aliphatic heterocycles. The van der Waals surface area contributed by atoms with E-state index in [1.54, 1.807) is 141 Å². The van der Waals surface area contributed by atoms with Gasteiger partial charge in [0.2, 0.25) is 10.8 Å². The maximum absolute atomic E-state index is 15.9. The Bertz CT molecular complexity index is 3330. The second-order valence-electron chi connectivity index (χ2n) is 16.8. The Morgan fingerprint density at radius 1 is 0.554 bits per heavy atom. The molecule has 2 amide bonds. The van der Waals surface area contributed by atoms with Crippen molar-refractivity contribution >= 4 is 145 Å². The summed E-state index contributed by atoms with van der Waals surface area (Å²) in [7, 11) is 0. The van der Waals surface area contributed by atoms with E-state index < -0.39 is 40.6 Å². The van der Waals surface area contributed by atoms with E-state index in [-0.39, 0.29) is 80.6 Å². The van der Waals surface area contributed by atoms with Gasteiger partial charge in [-0.15, -0.1) is 22.7 Å². The van der Waals surface area contributed by atoms with Crippen molar-refractivity contribution in [1.82, 2.24) is 9.80 Å². The summed E-state index contributed by atoms with van der Waals surface area (Å²) in [5, 5.41) is 0.293. The highest BCUT2D eigenvalue weighted by Crippen LogP contribution is 2.66. The van der Waals surface area contributed by atoms with Crippen LogP contribution < -0.4 is 0 Å². The van der Waals surface area contributed by atoms with E-state index in [1.807, 2.05) is 0 Å². The number of rotatable bonds is 16. The Morgan fingerprint density at radius 3 is 1.34 bits per heavy atom. The van der Waals surface area contributed by atoms with Crippen LogP contribution in [0.25, 0.3) is 15.0 Å². The van der Waals surface area contributed by atoms with Gasteiger partial charge in [-0.3, -0.25) is 38.6 Å². The first kappa shape index (κ1) is 50.6. The van der Waals surface area contributed by atoms with Crippen molar-refractivity contribution in [3.63, 3.8) is 0 Å². The van der Waals surface area contributed by atoms with E-state index in [4.69, 9.17) is 53.4 Å². The average molecular weight is 1100 g/mol. The quantitative estimate of drug-likeness (QED) is 0.0388. The molecule has 2 fully saturated rings. The fraction of sp³-hybridized carbons (Fsp3) is 0.185. The Labute approximate surface area is 451 Å². The van der Waals surface area contributed by atoms with Gasteiger partial charge in [0.25, 0.3) is 11.8 Å². The molecule has 0 N–H and O–H groups in total. The molecule has 0 unspecified atom stereocenters. The van der Waals surface area contributed by atoms with E-state index in [9.17, 15) is 9.59 Å². The molecule has 0 saturated carbocycles. The number of esters is 4. The first-order valence-corrected chi connectivity index (χ1v) is 27.1. The zero-order valence-corrected chi connectivity index (χ0v) is 44.2. The first-order chi connectivity index (χ1) is 35.9. The minimum Gasteiger partial charge on any atom is -0.459 e. The fourth-order valence-electron chi connectivity index (χ4n) is 8.92. The summed E-state index contributed by atoms with van der Waals surface area (Å²) >= 11 is 15.1. The van der Waals surface area contributed by atoms with Crippen molar-refractivity contribution < 1.29 is 47.7 Å². The number of ether oxygens (including phenoxy) is 4. The van der Waals surface area contributed by atoms with Crippen LogP contribution >= 0.6 is 70.6 Å². The highest BCUT2D eigenvalue weighted by molar-refractivity contribution is 8.35. The number of carbonyl (C=O) groups is 6. The second-order valence-corrected chi connectivity index (χ2v) is 22.1. The van der Waals surface area contributed by atoms with Crippen molar-refractivity contribution in [3.8, 4) is 0 Å². The van der Waals surface area contributed by atoms with Gasteiger partial charge in [0, 0.05) is 33.8 Å². The van der Waals surface area contributed by atoms with E-state index in [0.717, 1.165) is 46.2 Å². The predicted molar refractivity (Wildman–Crippen MR) is 293 cm³/mol. The zero-order chi connectivity index (χ0) is 51.7. The topological polar surface area (TPSA) is 171 Å². The molecule has 0 spiro atoms. The summed E-state index contributed by atoms with van der Waals surface area (Å²) in [4.78, 5) is 103. The SMILES string of the molecule is CCN1C(=O)C(=NC2=CC3=C(c4sc5cc(N=C6SC(=S)N(CC)C6=O)sc5c4C3(C(=O)OCc3ccccc3)C(=O)OCc3ccccc3)C2(C(=O)OCc2ccccc2)C(=O)OCc2ccccc2)SC1=S. The lowest BCUT2D eigenvalue weighted by Crippen LogP contribution is -2.46. The summed E-state index contributed by atoms with van der Waals surface area (Å²) in [5.41, 5.74) is -3.62. The van der Waals surface area contributed by atoms with Crippen molar-refractivity contribution in [2.45, 2.75) is 45.7 Å². The van der Waals surface area contributed by atoms with Crippen LogP contribution in [0.5, 0.6) is 0 Å². The van der Waals surface area contributed by atoms with Gasteiger partial charge in [-0.1, -0.05) is 146 Å². The highest BCUT2D eigenvalue weighted by Gasteiger charge is 2.71. The molecule has 10 rings (SSSR count). The lowest BCUT2D eigenvalue weighted by Gasteiger charge is -2.29. The first-order valence-electron chi connectivity index (χ1n) is 23.0. The molecule has 4 aromatic carbocycles. The van der Waals surface area contributed by atoms with Crippen molar-refractivity contribution in [3.05, 3.63) is 177 Å². The van der Waals surface area contributed by atoms with Gasteiger partial charge in [0.05, 0.1) is 10.4 Å². The van der Waals surface area contributed by atoms with Gasteiger partial charge in [-0.25, -0.2) is 9.98 Å². The molecule has 74 heavy (non-hydrogen) atoms. The molecule has 372 valence electrons. The Kier molecular flexibility index (Phi) is 14.4. The Morgan fingerprint density at radius 2 is 0.946 bits per heavy atom. The number of allylic oxidation sites excluding steroid dienone is 1. The third-order valence-corrected chi connectivity index (χ3v) is 17.5. The standard InChI is InChI=1S/C54H40N4O10S6/c1-3-57-45(59)43(73-51(57)69)55-37-25-35-39(54(37,49(63)67-29-33-21-13-7-14-22-33)50(64)68-30-34-23-15-8-16-24-34)42-40(41-36(71-42)26-38(72-41)56-44-46(60)58(4-2)52(70)74-44)53(35,47(61)65-27-31-17-9-5-10-18-31)48(62)66-28-32-19-11-6-12-20-32/h5-26H,3-4,27-30H2,1-2H3. The molecule has 0 radical (unpaired) electrons. The lowest BCUT2D eigenvalue weighted by atomic mass is 9.77. The van der Waals surface area contributed by atoms with E-state index >= 15 is 19.2 Å². The number of benzene rings is 4. The molecule has 0 atom stereocenters. The minimum atomic E-state index is -2.72. The fourth-order valence-corrected chi connectivity index (χ4v) is 14.3. The maximum atomic E-state index is 15.9. The molecular formula is C54H40N4O10S6. The summed E-state index contributed by atoms with van der Waals surface area (Å²) in [5.74, 6) is -5.50. The summed E-state index contributed by atoms with van der Waals surface area (Å²) < 4.78 is 26.2. The Balaban J connectivity index is 1.25. The molecule has 20 heteroatoms. The molecule has 2 aliphatic carbocycles. The van der Waals surface area contributed by atoms with Gasteiger partial charge < -0.3 is 18.9 Å². The molecule has 14 nitrogen and oxygen atoms in total. The number of hydrogen-bond acceptors (Lipinski definition) is 18. The predicted octanol–water partition coefficient (Wildman–Crippen LogP) is 10.0. The minimum absolute atomic E-state index is 0.0508. The number of amides is 2. The highest BCUT2D eigenvalue weighted by atomic mass is 32.2. The third kappa shape index (κ3) is 8.91. The monoisotopic (exact) mass is 1100 g/mol. The van der Waals surface area contributed by atoms with Crippen LogP contribution in [0.2, 0.25) is 0 Å². The van der Waals surface area contributed by atoms with E-state index in [0.29, 0.717) is 47.5 Å². The van der Waals surface area contributed by atoms with E-state index in [2.05, 4.69) is 0 Å². The van der Waals surface area contributed by atoms with Crippen LogP contribution in [0, 0.1) is 5.41 Å². The maximum Gasteiger partial charge on any atom is 0.334 e. The van der Waals surface area contributed by atoms with Gasteiger partial charge in [0.1, 0.15) is 40.1 Å². The number of thiophene rings is 2. The van der Waals surface area contributed by atoms with Gasteiger partial charge >= 0.3 is 23.9 Å². The largest absolute Gasteiger partial charge is 0.459 e. The number of fused-ring (bicyclic) bond motifs is 4. The summed E-state index contributed by atoms with van der Waals surface area (Å²) in [6, 6.07) is 37.0. The third-order valence-electron chi connectivity index (χ3n) is 12.5. The number of thiocarbonyl (C=S) groups is 2. The normalized spacial score (nSPS) is 17.6. The van der Waals surface area contributed by atoms with Crippen LogP contribution in [-0.2, 0) is 79.6 Å². The number of nitrogens with zero attached hydrogens (tertiary/aromatic N) is 4. The van der Waals surface area contributed by atoms with Crippen LogP contribution in [0.4, 0.5) is 5.00 Å². The van der Waals surface area contributed by atoms with Crippen LogP contribution in [0.3, 0.4) is 0 Å². The Hall–Kier alpha value is -6.94. The van der Waals surface area contributed by atoms with Crippen molar-refractivity contribution in [1.29, 1.82) is 0 Å². The van der Waals surface area contributed by atoms with Gasteiger partial charge in [-0.2, -0.15) is 0 Å². The lowest BCUT2D eigenvalue weighted by molar-refractivity contribution is -0.167. The summed E-state index contributed by atoms with van der Waals surface area (Å²) in [6.07, 6.45) is 1.30. The van der Waals surface area contributed by atoms with Gasteiger partial charge in [0.15, 0.2) is 10.1 Å². The number of thioether (sulfide) groups is 2. The number of hydrogen-bond donors (Lipinski definition) is 0. The second kappa shape index (κ2) is 21.1. The molecule has 6 aromatic rings. The average Bonchev–Trinajstić information content (AvgIpc) is 4.31. The molecule has 4 heterocycles. The molecule has 0 bridgehead atoms. The zero-order valence-electron chi connectivity index (χ0n) is 39.3. The van der Waals surface area contributed by atoms with Crippen LogP contribution in [-0.4, -0.2) is 77.3 Å². The van der Waals surface area contributed by atoms with Gasteiger partial charge in [-0.05, 0) is 77.3 Å². The van der Waals surface area contributed by atoms with Crippen molar-refractivity contribution in [2.75, 3.05) is 13.1 Å². The smallest absolute Gasteiger partial charge is 0.334 e. The van der Waals surface area contributed by atoms with Crippen molar-refractivity contribution in [2.24, 2.45) is 15.4 Å². The molecule has 2 aromatic heterocycles. The molecular weight excluding hydrogens is 1060 g/mol. The number of aliphatic imine (C=N–C) groups is 2. The molecule has 4 aliphatic rings. The van der Waals surface area contributed by atoms with Crippen LogP contribution in [0.1, 0.15) is 46.5 Å². The molecule has 2 saturated heterocycles.